The molecular formula is C13H25N3O. The van der Waals surface area contributed by atoms with Crippen LogP contribution in [0.3, 0.4) is 0 Å². The SMILES string of the molecule is CCCn1nccc1C(CCCOCC)NC. The third-order valence-corrected chi connectivity index (χ3v) is 2.88. The summed E-state index contributed by atoms with van der Waals surface area (Å²) < 4.78 is 7.47. The van der Waals surface area contributed by atoms with Gasteiger partial charge < -0.3 is 10.1 Å². The van der Waals surface area contributed by atoms with Crippen LogP contribution < -0.4 is 5.32 Å². The number of hydrogen-bond donors (Lipinski definition) is 1. The van der Waals surface area contributed by atoms with E-state index in [4.69, 9.17) is 4.74 Å². The van der Waals surface area contributed by atoms with Gasteiger partial charge in [-0.3, -0.25) is 4.68 Å². The molecule has 17 heavy (non-hydrogen) atoms. The van der Waals surface area contributed by atoms with Crippen LogP contribution in [0.15, 0.2) is 12.3 Å². The Morgan fingerprint density at radius 2 is 2.29 bits per heavy atom. The Kier molecular flexibility index (Phi) is 6.89. The molecule has 0 spiro atoms. The lowest BCUT2D eigenvalue weighted by atomic mass is 10.1. The molecule has 0 aliphatic rings. The zero-order valence-corrected chi connectivity index (χ0v) is 11.3. The van der Waals surface area contributed by atoms with E-state index in [1.807, 2.05) is 20.2 Å². The molecule has 0 radical (unpaired) electrons. The summed E-state index contributed by atoms with van der Waals surface area (Å²) in [5.74, 6) is 0. The fraction of sp³-hybridized carbons (Fsp3) is 0.769. The highest BCUT2D eigenvalue weighted by Crippen LogP contribution is 2.18. The van der Waals surface area contributed by atoms with Gasteiger partial charge in [-0.05, 0) is 39.3 Å². The van der Waals surface area contributed by atoms with Gasteiger partial charge in [0, 0.05) is 32.0 Å². The molecule has 0 amide bonds. The summed E-state index contributed by atoms with van der Waals surface area (Å²) in [4.78, 5) is 0. The second kappa shape index (κ2) is 8.25. The molecule has 4 heteroatoms. The van der Waals surface area contributed by atoms with Crippen LogP contribution in [-0.4, -0.2) is 30.0 Å². The summed E-state index contributed by atoms with van der Waals surface area (Å²) in [5.41, 5.74) is 1.28. The van der Waals surface area contributed by atoms with Crippen LogP contribution in [-0.2, 0) is 11.3 Å². The quantitative estimate of drug-likeness (QED) is 0.672. The molecule has 1 aromatic rings. The van der Waals surface area contributed by atoms with Crippen molar-refractivity contribution in [1.82, 2.24) is 15.1 Å². The predicted octanol–water partition coefficient (Wildman–Crippen LogP) is 2.37. The molecule has 1 N–H and O–H groups in total. The maximum atomic E-state index is 5.37. The Bertz CT molecular complexity index is 299. The number of hydrogen-bond acceptors (Lipinski definition) is 3. The molecule has 0 saturated heterocycles. The third-order valence-electron chi connectivity index (χ3n) is 2.88. The van der Waals surface area contributed by atoms with Crippen LogP contribution in [0.25, 0.3) is 0 Å². The molecule has 1 rings (SSSR count). The van der Waals surface area contributed by atoms with Gasteiger partial charge in [0.25, 0.3) is 0 Å². The van der Waals surface area contributed by atoms with Crippen LogP contribution in [0.5, 0.6) is 0 Å². The minimum absolute atomic E-state index is 0.379. The van der Waals surface area contributed by atoms with Crippen molar-refractivity contribution in [2.45, 2.75) is 45.7 Å². The predicted molar refractivity (Wildman–Crippen MR) is 70.0 cm³/mol. The zero-order valence-electron chi connectivity index (χ0n) is 11.3. The van der Waals surface area contributed by atoms with Gasteiger partial charge in [-0.15, -0.1) is 0 Å². The summed E-state index contributed by atoms with van der Waals surface area (Å²) in [7, 11) is 2.01. The molecule has 0 fully saturated rings. The van der Waals surface area contributed by atoms with Gasteiger partial charge in [0.1, 0.15) is 0 Å². The smallest absolute Gasteiger partial charge is 0.0553 e. The van der Waals surface area contributed by atoms with Crippen molar-refractivity contribution < 1.29 is 4.74 Å². The second-order valence-corrected chi connectivity index (χ2v) is 4.16. The molecule has 0 aliphatic heterocycles. The lowest BCUT2D eigenvalue weighted by molar-refractivity contribution is 0.140. The fourth-order valence-electron chi connectivity index (χ4n) is 2.01. The molecule has 1 unspecified atom stereocenters. The lowest BCUT2D eigenvalue weighted by Crippen LogP contribution is -2.21. The Morgan fingerprint density at radius 1 is 1.47 bits per heavy atom. The van der Waals surface area contributed by atoms with Crippen molar-refractivity contribution in [1.29, 1.82) is 0 Å². The van der Waals surface area contributed by atoms with Crippen LogP contribution in [0, 0.1) is 0 Å². The van der Waals surface area contributed by atoms with E-state index in [-0.39, 0.29) is 0 Å². The van der Waals surface area contributed by atoms with Crippen LogP contribution in [0.1, 0.15) is 44.8 Å². The monoisotopic (exact) mass is 239 g/mol. The van der Waals surface area contributed by atoms with E-state index in [0.29, 0.717) is 6.04 Å². The third kappa shape index (κ3) is 4.48. The molecule has 0 saturated carbocycles. The second-order valence-electron chi connectivity index (χ2n) is 4.16. The lowest BCUT2D eigenvalue weighted by Gasteiger charge is -2.17. The minimum Gasteiger partial charge on any atom is -0.382 e. The average molecular weight is 239 g/mol. The van der Waals surface area contributed by atoms with Crippen molar-refractivity contribution in [2.24, 2.45) is 0 Å². The zero-order chi connectivity index (χ0) is 12.5. The van der Waals surface area contributed by atoms with Gasteiger partial charge in [0.15, 0.2) is 0 Å². The first-order valence-electron chi connectivity index (χ1n) is 6.60. The number of aromatic nitrogens is 2. The van der Waals surface area contributed by atoms with Crippen molar-refractivity contribution in [3.63, 3.8) is 0 Å². The van der Waals surface area contributed by atoms with Crippen molar-refractivity contribution in [2.75, 3.05) is 20.3 Å². The summed E-state index contributed by atoms with van der Waals surface area (Å²) in [6, 6.07) is 2.49. The number of nitrogens with zero attached hydrogens (tertiary/aromatic N) is 2. The number of rotatable bonds is 9. The van der Waals surface area contributed by atoms with Crippen LogP contribution in [0.2, 0.25) is 0 Å². The summed E-state index contributed by atoms with van der Waals surface area (Å²) >= 11 is 0. The van der Waals surface area contributed by atoms with Gasteiger partial charge in [-0.25, -0.2) is 0 Å². The molecule has 0 aliphatic carbocycles. The van der Waals surface area contributed by atoms with Gasteiger partial charge >= 0.3 is 0 Å². The highest BCUT2D eigenvalue weighted by atomic mass is 16.5. The van der Waals surface area contributed by atoms with E-state index in [2.05, 4.69) is 28.1 Å². The minimum atomic E-state index is 0.379. The van der Waals surface area contributed by atoms with Crippen molar-refractivity contribution >= 4 is 0 Å². The van der Waals surface area contributed by atoms with Gasteiger partial charge in [-0.2, -0.15) is 5.10 Å². The molecule has 1 atom stereocenters. The molecule has 4 nitrogen and oxygen atoms in total. The van der Waals surface area contributed by atoms with Crippen LogP contribution in [0.4, 0.5) is 0 Å². The Labute approximate surface area is 104 Å². The Balaban J connectivity index is 2.50. The maximum Gasteiger partial charge on any atom is 0.0553 e. The highest BCUT2D eigenvalue weighted by Gasteiger charge is 2.13. The average Bonchev–Trinajstić information content (AvgIpc) is 2.78. The Morgan fingerprint density at radius 3 is 2.94 bits per heavy atom. The first kappa shape index (κ1) is 14.2. The summed E-state index contributed by atoms with van der Waals surface area (Å²) in [6.45, 7) is 6.85. The van der Waals surface area contributed by atoms with E-state index in [1.165, 1.54) is 5.69 Å². The van der Waals surface area contributed by atoms with Crippen molar-refractivity contribution in [3.8, 4) is 0 Å². The summed E-state index contributed by atoms with van der Waals surface area (Å²) in [6.07, 6.45) is 5.17. The molecule has 98 valence electrons. The Hall–Kier alpha value is -0.870. The number of nitrogens with one attached hydrogen (secondary N) is 1. The van der Waals surface area contributed by atoms with Crippen molar-refractivity contribution in [3.05, 3.63) is 18.0 Å². The standard InChI is InChI=1S/C13H25N3O/c1-4-10-16-13(8-9-15-16)12(14-3)7-6-11-17-5-2/h8-9,12,14H,4-7,10-11H2,1-3H3. The largest absolute Gasteiger partial charge is 0.382 e. The van der Waals surface area contributed by atoms with E-state index >= 15 is 0 Å². The highest BCUT2D eigenvalue weighted by molar-refractivity contribution is 5.06. The maximum absolute atomic E-state index is 5.37. The first-order valence-corrected chi connectivity index (χ1v) is 6.60. The number of ether oxygens (including phenoxy) is 1. The molecule has 1 aromatic heterocycles. The first-order chi connectivity index (χ1) is 8.33. The normalized spacial score (nSPS) is 12.9. The van der Waals surface area contributed by atoms with Crippen LogP contribution >= 0.6 is 0 Å². The molecule has 1 heterocycles. The molecule has 0 aromatic carbocycles. The topological polar surface area (TPSA) is 39.1 Å². The van der Waals surface area contributed by atoms with E-state index in [0.717, 1.165) is 39.0 Å². The fourth-order valence-corrected chi connectivity index (χ4v) is 2.01. The van der Waals surface area contributed by atoms with Gasteiger partial charge in [0.05, 0.1) is 5.69 Å². The van der Waals surface area contributed by atoms with E-state index < -0.39 is 0 Å². The number of aryl methyl sites for hydroxylation is 1. The van der Waals surface area contributed by atoms with Gasteiger partial charge in [0.2, 0.25) is 0 Å². The molecule has 0 bridgehead atoms. The van der Waals surface area contributed by atoms with E-state index in [9.17, 15) is 0 Å². The molecular weight excluding hydrogens is 214 g/mol. The summed E-state index contributed by atoms with van der Waals surface area (Å²) in [5, 5.41) is 7.73. The van der Waals surface area contributed by atoms with Gasteiger partial charge in [-0.1, -0.05) is 6.92 Å². The van der Waals surface area contributed by atoms with E-state index in [1.54, 1.807) is 0 Å².